The molecule has 1 aliphatic rings. The molecule has 0 aromatic heterocycles. The average Bonchev–Trinajstić information content (AvgIpc) is 2.51. The maximum atomic E-state index is 12.0. The van der Waals surface area contributed by atoms with E-state index in [1.807, 2.05) is 26.8 Å². The number of amides is 1. The van der Waals surface area contributed by atoms with Gasteiger partial charge in [0.15, 0.2) is 0 Å². The molecule has 5 heteroatoms. The number of allylic oxidation sites excluding steroid dienone is 2. The lowest BCUT2D eigenvalue weighted by atomic mass is 9.90. The Bertz CT molecular complexity index is 489. The molecule has 0 bridgehead atoms. The molecule has 0 saturated carbocycles. The van der Waals surface area contributed by atoms with Gasteiger partial charge < -0.3 is 14.8 Å². The monoisotopic (exact) mass is 323 g/mol. The number of carbonyl (C=O) groups excluding carboxylic acids is 2. The van der Waals surface area contributed by atoms with Crippen molar-refractivity contribution in [1.29, 1.82) is 0 Å². The van der Waals surface area contributed by atoms with Crippen LogP contribution in [0.1, 0.15) is 53.9 Å². The molecule has 0 aromatic carbocycles. The number of alkyl carbamates (subject to hydrolysis) is 1. The standard InChI is InChI=1S/C18H29NO4/c1-6-17(2,3)15(20)23-13-18(4,5)19-16(21)22-12-14-10-8-7-9-11-14/h8,10-11H,6-7,9,12-13H2,1-5H3,(H,19,21). The Morgan fingerprint density at radius 3 is 2.43 bits per heavy atom. The largest absolute Gasteiger partial charge is 0.463 e. The lowest BCUT2D eigenvalue weighted by molar-refractivity contribution is -0.156. The molecule has 0 fully saturated rings. The van der Waals surface area contributed by atoms with Gasteiger partial charge in [0.05, 0.1) is 11.0 Å². The van der Waals surface area contributed by atoms with Gasteiger partial charge in [-0.2, -0.15) is 0 Å². The van der Waals surface area contributed by atoms with E-state index in [0.717, 1.165) is 18.4 Å². The highest BCUT2D eigenvalue weighted by Crippen LogP contribution is 2.22. The molecule has 0 atom stereocenters. The molecule has 0 aromatic rings. The number of ether oxygens (including phenoxy) is 2. The molecule has 130 valence electrons. The van der Waals surface area contributed by atoms with Gasteiger partial charge in [0.25, 0.3) is 0 Å². The van der Waals surface area contributed by atoms with E-state index in [4.69, 9.17) is 9.47 Å². The van der Waals surface area contributed by atoms with E-state index in [0.29, 0.717) is 6.42 Å². The van der Waals surface area contributed by atoms with E-state index in [1.165, 1.54) is 0 Å². The Labute approximate surface area is 139 Å². The van der Waals surface area contributed by atoms with Crippen LogP contribution < -0.4 is 5.32 Å². The molecule has 0 heterocycles. The second-order valence-electron chi connectivity index (χ2n) is 7.16. The second kappa shape index (κ2) is 8.18. The summed E-state index contributed by atoms with van der Waals surface area (Å²) in [5, 5.41) is 2.73. The normalized spacial score (nSPS) is 14.9. The van der Waals surface area contributed by atoms with Gasteiger partial charge in [-0.3, -0.25) is 4.79 Å². The summed E-state index contributed by atoms with van der Waals surface area (Å²) in [5.41, 5.74) is -0.204. The zero-order valence-corrected chi connectivity index (χ0v) is 14.9. The van der Waals surface area contributed by atoms with E-state index in [9.17, 15) is 9.59 Å². The summed E-state index contributed by atoms with van der Waals surface area (Å²) in [5.74, 6) is -0.263. The summed E-state index contributed by atoms with van der Waals surface area (Å²) in [6.45, 7) is 9.57. The number of carbonyl (C=O) groups is 2. The first-order valence-electron chi connectivity index (χ1n) is 8.14. The molecule has 5 nitrogen and oxygen atoms in total. The fraction of sp³-hybridized carbons (Fsp3) is 0.667. The molecule has 0 spiro atoms. The van der Waals surface area contributed by atoms with Crippen LogP contribution in [0.25, 0.3) is 0 Å². The van der Waals surface area contributed by atoms with Crippen molar-refractivity contribution in [3.05, 3.63) is 23.8 Å². The Kier molecular flexibility index (Phi) is 6.85. The predicted molar refractivity (Wildman–Crippen MR) is 90.1 cm³/mol. The summed E-state index contributed by atoms with van der Waals surface area (Å²) >= 11 is 0. The van der Waals surface area contributed by atoms with Gasteiger partial charge in [0.2, 0.25) is 0 Å². The highest BCUT2D eigenvalue weighted by Gasteiger charge is 2.30. The van der Waals surface area contributed by atoms with Gasteiger partial charge in [0.1, 0.15) is 13.2 Å². The summed E-state index contributed by atoms with van der Waals surface area (Å²) in [7, 11) is 0. The first-order chi connectivity index (χ1) is 10.7. The second-order valence-corrected chi connectivity index (χ2v) is 7.16. The van der Waals surface area contributed by atoms with Crippen molar-refractivity contribution in [2.24, 2.45) is 5.41 Å². The van der Waals surface area contributed by atoms with Crippen LogP contribution >= 0.6 is 0 Å². The van der Waals surface area contributed by atoms with Crippen LogP contribution in [0, 0.1) is 5.41 Å². The maximum Gasteiger partial charge on any atom is 0.407 e. The zero-order valence-electron chi connectivity index (χ0n) is 14.9. The topological polar surface area (TPSA) is 64.6 Å². The van der Waals surface area contributed by atoms with Crippen LogP contribution in [0.5, 0.6) is 0 Å². The lowest BCUT2D eigenvalue weighted by Gasteiger charge is -2.28. The van der Waals surface area contributed by atoms with Crippen LogP contribution in [-0.2, 0) is 14.3 Å². The van der Waals surface area contributed by atoms with Crippen LogP contribution in [0.4, 0.5) is 4.79 Å². The van der Waals surface area contributed by atoms with Crippen molar-refractivity contribution >= 4 is 12.1 Å². The summed E-state index contributed by atoms with van der Waals surface area (Å²) in [6, 6.07) is 0. The van der Waals surface area contributed by atoms with E-state index in [-0.39, 0.29) is 19.2 Å². The summed E-state index contributed by atoms with van der Waals surface area (Å²) in [6.07, 6.45) is 8.29. The molecule has 0 saturated heterocycles. The minimum atomic E-state index is -0.687. The van der Waals surface area contributed by atoms with Crippen molar-refractivity contribution < 1.29 is 19.1 Å². The Morgan fingerprint density at radius 1 is 1.17 bits per heavy atom. The van der Waals surface area contributed by atoms with Crippen LogP contribution in [0.15, 0.2) is 23.8 Å². The molecular weight excluding hydrogens is 294 g/mol. The summed E-state index contributed by atoms with van der Waals surface area (Å²) < 4.78 is 10.5. The van der Waals surface area contributed by atoms with Gasteiger partial charge in [-0.1, -0.05) is 25.2 Å². The van der Waals surface area contributed by atoms with Crippen LogP contribution in [0.3, 0.4) is 0 Å². The molecule has 1 aliphatic carbocycles. The minimum Gasteiger partial charge on any atom is -0.463 e. The fourth-order valence-electron chi connectivity index (χ4n) is 1.86. The molecule has 0 unspecified atom stereocenters. The van der Waals surface area contributed by atoms with E-state index >= 15 is 0 Å². The third-order valence-electron chi connectivity index (χ3n) is 3.88. The number of hydrogen-bond acceptors (Lipinski definition) is 4. The Balaban J connectivity index is 2.38. The SMILES string of the molecule is CCC(C)(C)C(=O)OCC(C)(C)NC(=O)OCC1=CCCC=C1. The Hall–Kier alpha value is -1.78. The van der Waals surface area contributed by atoms with Crippen molar-refractivity contribution in [3.63, 3.8) is 0 Å². The molecule has 1 amide bonds. The van der Waals surface area contributed by atoms with E-state index < -0.39 is 17.0 Å². The van der Waals surface area contributed by atoms with Gasteiger partial charge in [-0.05, 0) is 52.5 Å². The quantitative estimate of drug-likeness (QED) is 0.725. The van der Waals surface area contributed by atoms with Crippen molar-refractivity contribution in [1.82, 2.24) is 5.32 Å². The molecular formula is C18H29NO4. The van der Waals surface area contributed by atoms with Gasteiger partial charge in [-0.15, -0.1) is 0 Å². The number of rotatable bonds is 7. The van der Waals surface area contributed by atoms with Crippen molar-refractivity contribution in [2.75, 3.05) is 13.2 Å². The van der Waals surface area contributed by atoms with Gasteiger partial charge >= 0.3 is 12.1 Å². The molecule has 1 rings (SSSR count). The fourth-order valence-corrected chi connectivity index (χ4v) is 1.86. The van der Waals surface area contributed by atoms with E-state index in [1.54, 1.807) is 13.8 Å². The highest BCUT2D eigenvalue weighted by molar-refractivity contribution is 5.76. The Morgan fingerprint density at radius 2 is 1.87 bits per heavy atom. The third-order valence-corrected chi connectivity index (χ3v) is 3.88. The molecule has 0 aliphatic heterocycles. The number of esters is 1. The summed E-state index contributed by atoms with van der Waals surface area (Å²) in [4.78, 5) is 23.9. The lowest BCUT2D eigenvalue weighted by Crippen LogP contribution is -2.48. The number of hydrogen-bond donors (Lipinski definition) is 1. The van der Waals surface area contributed by atoms with Crippen LogP contribution in [0.2, 0.25) is 0 Å². The van der Waals surface area contributed by atoms with Gasteiger partial charge in [0, 0.05) is 0 Å². The average molecular weight is 323 g/mol. The first kappa shape index (κ1) is 19.3. The predicted octanol–water partition coefficient (Wildman–Crippen LogP) is 3.75. The molecule has 1 N–H and O–H groups in total. The minimum absolute atomic E-state index is 0.104. The molecule has 23 heavy (non-hydrogen) atoms. The van der Waals surface area contributed by atoms with Crippen molar-refractivity contribution in [2.45, 2.75) is 59.4 Å². The molecule has 0 radical (unpaired) electrons. The zero-order chi connectivity index (χ0) is 17.5. The smallest absolute Gasteiger partial charge is 0.407 e. The maximum absolute atomic E-state index is 12.0. The van der Waals surface area contributed by atoms with Crippen molar-refractivity contribution in [3.8, 4) is 0 Å². The van der Waals surface area contributed by atoms with Crippen LogP contribution in [-0.4, -0.2) is 30.8 Å². The highest BCUT2D eigenvalue weighted by atomic mass is 16.6. The number of nitrogens with one attached hydrogen (secondary N) is 1. The first-order valence-corrected chi connectivity index (χ1v) is 8.14. The van der Waals surface area contributed by atoms with Gasteiger partial charge in [-0.25, -0.2) is 4.79 Å². The van der Waals surface area contributed by atoms with E-state index in [2.05, 4.69) is 17.5 Å². The third kappa shape index (κ3) is 6.89.